The minimum Gasteiger partial charge on any atom is -0.496 e. The van der Waals surface area contributed by atoms with Gasteiger partial charge in [0, 0.05) is 32.2 Å². The van der Waals surface area contributed by atoms with Crippen LogP contribution in [0.1, 0.15) is 19.4 Å². The molecule has 2 atom stereocenters. The number of benzene rings is 1. The fourth-order valence-electron chi connectivity index (χ4n) is 2.67. The van der Waals surface area contributed by atoms with Crippen LogP contribution in [0.5, 0.6) is 5.75 Å². The molecule has 0 aromatic heterocycles. The fourth-order valence-corrected chi connectivity index (χ4v) is 4.16. The van der Waals surface area contributed by atoms with E-state index in [2.05, 4.69) is 0 Å². The lowest BCUT2D eigenvalue weighted by molar-refractivity contribution is -0.0453. The van der Waals surface area contributed by atoms with Crippen molar-refractivity contribution in [2.45, 2.75) is 32.6 Å². The van der Waals surface area contributed by atoms with Crippen molar-refractivity contribution in [1.82, 2.24) is 8.61 Å². The van der Waals surface area contributed by atoms with E-state index in [-0.39, 0.29) is 18.8 Å². The molecule has 1 aliphatic heterocycles. The number of hydrogen-bond donors (Lipinski definition) is 0. The molecule has 22 heavy (non-hydrogen) atoms. The van der Waals surface area contributed by atoms with Gasteiger partial charge in [-0.3, -0.25) is 0 Å². The average molecular weight is 328 g/mol. The number of rotatable bonds is 5. The summed E-state index contributed by atoms with van der Waals surface area (Å²) in [6, 6.07) is 7.43. The lowest BCUT2D eigenvalue weighted by Gasteiger charge is -2.36. The van der Waals surface area contributed by atoms with Crippen molar-refractivity contribution in [3.63, 3.8) is 0 Å². The first-order valence-electron chi connectivity index (χ1n) is 7.33. The molecule has 0 aliphatic carbocycles. The Morgan fingerprint density at radius 3 is 2.45 bits per heavy atom. The van der Waals surface area contributed by atoms with E-state index in [1.54, 1.807) is 14.2 Å². The van der Waals surface area contributed by atoms with Gasteiger partial charge in [-0.25, -0.2) is 0 Å². The van der Waals surface area contributed by atoms with Gasteiger partial charge in [0.05, 0.1) is 19.3 Å². The Bertz CT molecular complexity index is 595. The van der Waals surface area contributed by atoms with Crippen molar-refractivity contribution in [3.8, 4) is 5.75 Å². The third-order valence-corrected chi connectivity index (χ3v) is 5.56. The van der Waals surface area contributed by atoms with Crippen LogP contribution in [0.4, 0.5) is 0 Å². The molecule has 1 aromatic rings. The molecule has 7 heteroatoms. The molecule has 0 amide bonds. The molecular formula is C15H24N2O4S. The molecule has 1 heterocycles. The minimum absolute atomic E-state index is 0.0989. The Morgan fingerprint density at radius 2 is 1.86 bits per heavy atom. The van der Waals surface area contributed by atoms with Crippen LogP contribution in [0.15, 0.2) is 24.3 Å². The van der Waals surface area contributed by atoms with Gasteiger partial charge in [-0.2, -0.15) is 17.0 Å². The Balaban J connectivity index is 2.15. The molecule has 1 fully saturated rings. The zero-order valence-electron chi connectivity index (χ0n) is 13.5. The summed E-state index contributed by atoms with van der Waals surface area (Å²) in [4.78, 5) is 0. The number of morpholine rings is 1. The van der Waals surface area contributed by atoms with E-state index in [9.17, 15) is 8.42 Å². The quantitative estimate of drug-likeness (QED) is 0.821. The van der Waals surface area contributed by atoms with Crippen LogP contribution in [-0.2, 0) is 21.5 Å². The largest absolute Gasteiger partial charge is 0.496 e. The second-order valence-corrected chi connectivity index (χ2v) is 7.69. The monoisotopic (exact) mass is 328 g/mol. The van der Waals surface area contributed by atoms with E-state index in [1.807, 2.05) is 38.1 Å². The van der Waals surface area contributed by atoms with Crippen molar-refractivity contribution in [2.75, 3.05) is 27.2 Å². The summed E-state index contributed by atoms with van der Waals surface area (Å²) in [5, 5.41) is 0. The Labute approximate surface area is 132 Å². The average Bonchev–Trinajstić information content (AvgIpc) is 2.46. The molecule has 0 radical (unpaired) electrons. The van der Waals surface area contributed by atoms with Gasteiger partial charge < -0.3 is 9.47 Å². The maximum atomic E-state index is 12.7. The van der Waals surface area contributed by atoms with Crippen molar-refractivity contribution < 1.29 is 17.9 Å². The van der Waals surface area contributed by atoms with Crippen LogP contribution in [0.2, 0.25) is 0 Å². The van der Waals surface area contributed by atoms with E-state index >= 15 is 0 Å². The summed E-state index contributed by atoms with van der Waals surface area (Å²) in [7, 11) is -0.348. The van der Waals surface area contributed by atoms with E-state index < -0.39 is 10.2 Å². The molecule has 0 spiro atoms. The molecule has 0 bridgehead atoms. The van der Waals surface area contributed by atoms with Crippen LogP contribution in [0.3, 0.4) is 0 Å². The lowest BCUT2D eigenvalue weighted by Crippen LogP contribution is -2.52. The number of nitrogens with zero attached hydrogens (tertiary/aromatic N) is 2. The second kappa shape index (κ2) is 6.95. The smallest absolute Gasteiger partial charge is 0.282 e. The SMILES string of the molecule is COc1ccccc1CN(C)S(=O)(=O)N1CC(C)OC(C)C1. The summed E-state index contributed by atoms with van der Waals surface area (Å²) < 4.78 is 39.2. The lowest BCUT2D eigenvalue weighted by atomic mass is 10.2. The molecule has 0 saturated carbocycles. The molecular weight excluding hydrogens is 304 g/mol. The highest BCUT2D eigenvalue weighted by Gasteiger charge is 2.33. The predicted molar refractivity (Wildman–Crippen MR) is 85.0 cm³/mol. The van der Waals surface area contributed by atoms with E-state index in [4.69, 9.17) is 9.47 Å². The maximum absolute atomic E-state index is 12.7. The van der Waals surface area contributed by atoms with Crippen LogP contribution in [0.25, 0.3) is 0 Å². The standard InChI is InChI=1S/C15H24N2O4S/c1-12-9-17(10-13(2)21-12)22(18,19)16(3)11-14-7-5-6-8-15(14)20-4/h5-8,12-13H,9-11H2,1-4H3. The number of para-hydroxylation sites is 1. The summed E-state index contributed by atoms with van der Waals surface area (Å²) >= 11 is 0. The molecule has 124 valence electrons. The zero-order valence-corrected chi connectivity index (χ0v) is 14.3. The maximum Gasteiger partial charge on any atom is 0.282 e. The van der Waals surface area contributed by atoms with Gasteiger partial charge in [0.15, 0.2) is 0 Å². The molecule has 1 saturated heterocycles. The van der Waals surface area contributed by atoms with Crippen molar-refractivity contribution in [3.05, 3.63) is 29.8 Å². The van der Waals surface area contributed by atoms with E-state index in [0.29, 0.717) is 18.8 Å². The highest BCUT2D eigenvalue weighted by molar-refractivity contribution is 7.86. The first-order chi connectivity index (χ1) is 10.3. The van der Waals surface area contributed by atoms with Crippen molar-refractivity contribution in [2.24, 2.45) is 0 Å². The molecule has 1 aliphatic rings. The highest BCUT2D eigenvalue weighted by atomic mass is 32.2. The number of ether oxygens (including phenoxy) is 2. The topological polar surface area (TPSA) is 59.1 Å². The number of hydrogen-bond acceptors (Lipinski definition) is 4. The third kappa shape index (κ3) is 3.78. The van der Waals surface area contributed by atoms with Crippen LogP contribution < -0.4 is 4.74 Å². The van der Waals surface area contributed by atoms with Crippen LogP contribution >= 0.6 is 0 Å². The first-order valence-corrected chi connectivity index (χ1v) is 8.73. The van der Waals surface area contributed by atoms with Gasteiger partial charge >= 0.3 is 0 Å². The van der Waals surface area contributed by atoms with Crippen molar-refractivity contribution >= 4 is 10.2 Å². The van der Waals surface area contributed by atoms with Gasteiger partial charge in [0.2, 0.25) is 0 Å². The van der Waals surface area contributed by atoms with Gasteiger partial charge in [-0.1, -0.05) is 18.2 Å². The normalized spacial score (nSPS) is 23.7. The Kier molecular flexibility index (Phi) is 5.44. The minimum atomic E-state index is -3.52. The fraction of sp³-hybridized carbons (Fsp3) is 0.600. The highest BCUT2D eigenvalue weighted by Crippen LogP contribution is 2.22. The summed E-state index contributed by atoms with van der Waals surface area (Å²) in [5.41, 5.74) is 0.838. The molecule has 6 nitrogen and oxygen atoms in total. The van der Waals surface area contributed by atoms with Gasteiger partial charge in [-0.05, 0) is 19.9 Å². The molecule has 0 N–H and O–H groups in total. The van der Waals surface area contributed by atoms with E-state index in [1.165, 1.54) is 8.61 Å². The Morgan fingerprint density at radius 1 is 1.27 bits per heavy atom. The molecule has 2 rings (SSSR count). The second-order valence-electron chi connectivity index (χ2n) is 5.65. The number of methoxy groups -OCH3 is 1. The molecule has 2 unspecified atom stereocenters. The third-order valence-electron chi connectivity index (χ3n) is 3.69. The Hall–Kier alpha value is -1.15. The van der Waals surface area contributed by atoms with Gasteiger partial charge in [-0.15, -0.1) is 0 Å². The predicted octanol–water partition coefficient (Wildman–Crippen LogP) is 1.48. The zero-order chi connectivity index (χ0) is 16.3. The van der Waals surface area contributed by atoms with Crippen LogP contribution in [0, 0.1) is 0 Å². The van der Waals surface area contributed by atoms with Gasteiger partial charge in [0.25, 0.3) is 10.2 Å². The molecule has 1 aromatic carbocycles. The summed E-state index contributed by atoms with van der Waals surface area (Å²) in [6.45, 7) is 4.80. The van der Waals surface area contributed by atoms with Crippen molar-refractivity contribution in [1.29, 1.82) is 0 Å². The first kappa shape index (κ1) is 17.2. The summed E-state index contributed by atoms with van der Waals surface area (Å²) in [5.74, 6) is 0.688. The van der Waals surface area contributed by atoms with E-state index in [0.717, 1.165) is 5.56 Å². The van der Waals surface area contributed by atoms with Gasteiger partial charge in [0.1, 0.15) is 5.75 Å². The van der Waals surface area contributed by atoms with Crippen LogP contribution in [-0.4, -0.2) is 56.5 Å². The summed E-state index contributed by atoms with van der Waals surface area (Å²) in [6.07, 6.45) is -0.198.